The lowest BCUT2D eigenvalue weighted by Crippen LogP contribution is -2.12. The molecule has 0 amide bonds. The van der Waals surface area contributed by atoms with E-state index in [1.165, 1.54) is 28.5 Å². The summed E-state index contributed by atoms with van der Waals surface area (Å²) in [6, 6.07) is 11.3. The van der Waals surface area contributed by atoms with E-state index in [0.29, 0.717) is 28.0 Å². The summed E-state index contributed by atoms with van der Waals surface area (Å²) in [6.07, 6.45) is 4.46. The predicted molar refractivity (Wildman–Crippen MR) is 124 cm³/mol. The van der Waals surface area contributed by atoms with Crippen molar-refractivity contribution < 1.29 is 12.8 Å². The highest BCUT2D eigenvalue weighted by Gasteiger charge is 2.21. The number of aromatic nitrogens is 3. The molecule has 0 spiro atoms. The van der Waals surface area contributed by atoms with Crippen LogP contribution in [-0.4, -0.2) is 29.4 Å². The largest absolute Gasteiger partial charge is 0.353 e. The first kappa shape index (κ1) is 23.1. The van der Waals surface area contributed by atoms with Gasteiger partial charge in [0.15, 0.2) is 0 Å². The Labute approximate surface area is 193 Å². The van der Waals surface area contributed by atoms with Crippen molar-refractivity contribution in [3.8, 4) is 0 Å². The Balaban J connectivity index is 0.00000272. The number of hydrogen-bond donors (Lipinski definition) is 2. The molecule has 3 heterocycles. The van der Waals surface area contributed by atoms with Gasteiger partial charge in [-0.1, -0.05) is 6.07 Å². The van der Waals surface area contributed by atoms with E-state index in [1.54, 1.807) is 31.4 Å². The maximum Gasteiger partial charge on any atom is 0.269 e. The molecule has 0 saturated heterocycles. The summed E-state index contributed by atoms with van der Waals surface area (Å²) in [5.41, 5.74) is 2.55. The Hall–Kier alpha value is -2.53. The van der Waals surface area contributed by atoms with E-state index in [0.717, 1.165) is 10.9 Å². The number of nitrogens with zero attached hydrogens (tertiary/aromatic N) is 3. The highest BCUT2D eigenvalue weighted by Crippen LogP contribution is 2.31. The minimum absolute atomic E-state index is 0. The normalized spacial score (nSPS) is 11.3. The zero-order valence-electron chi connectivity index (χ0n) is 16.2. The van der Waals surface area contributed by atoms with E-state index in [2.05, 4.69) is 36.5 Å². The van der Waals surface area contributed by atoms with Crippen LogP contribution in [0.4, 0.5) is 15.8 Å². The molecule has 11 heteroatoms. The number of hydrogen-bond acceptors (Lipinski definition) is 6. The molecule has 0 radical (unpaired) electrons. The number of rotatable bonds is 6. The smallest absolute Gasteiger partial charge is 0.269 e. The Morgan fingerprint density at radius 2 is 2.00 bits per heavy atom. The average Bonchev–Trinajstić information content (AvgIpc) is 3.10. The minimum Gasteiger partial charge on any atom is -0.353 e. The zero-order valence-corrected chi connectivity index (χ0v) is 19.4. The summed E-state index contributed by atoms with van der Waals surface area (Å²) < 4.78 is 41.3. The fourth-order valence-electron chi connectivity index (χ4n) is 3.15. The summed E-state index contributed by atoms with van der Waals surface area (Å²) in [5, 5.41) is 7.01. The molecule has 0 atom stereocenters. The number of nitrogens with one attached hydrogen (secondary N) is 2. The lowest BCUT2D eigenvalue weighted by atomic mass is 10.1. The summed E-state index contributed by atoms with van der Waals surface area (Å²) in [6.45, 7) is 0.506. The fourth-order valence-corrected chi connectivity index (χ4v) is 4.90. The maximum atomic E-state index is 13.3. The van der Waals surface area contributed by atoms with Gasteiger partial charge < -0.3 is 10.6 Å². The lowest BCUT2D eigenvalue weighted by molar-refractivity contribution is 0.581. The standard InChI is InChI=1S/C20H17BrFN5O2S.ClH/c1-23-10-13-12-27(30(28,29)15-3-2-8-24-11-15)18-9-14(4-5-16(13)18)25-17-6-7-19(22)26-20(17)21;/h2-9,11-12,23,25H,10H2,1H3;1H. The van der Waals surface area contributed by atoms with E-state index in [9.17, 15) is 12.8 Å². The van der Waals surface area contributed by atoms with Crippen molar-refractivity contribution in [1.29, 1.82) is 0 Å². The zero-order chi connectivity index (χ0) is 21.3. The third-order valence-corrected chi connectivity index (χ3v) is 6.77. The summed E-state index contributed by atoms with van der Waals surface area (Å²) in [5.74, 6) is -0.601. The first-order chi connectivity index (χ1) is 14.4. The van der Waals surface area contributed by atoms with Crippen LogP contribution in [0.3, 0.4) is 0 Å². The molecule has 0 aliphatic heterocycles. The topological polar surface area (TPSA) is 88.9 Å². The van der Waals surface area contributed by atoms with Gasteiger partial charge in [0.25, 0.3) is 10.0 Å². The molecule has 7 nitrogen and oxygen atoms in total. The maximum absolute atomic E-state index is 13.3. The lowest BCUT2D eigenvalue weighted by Gasteiger charge is -2.10. The van der Waals surface area contributed by atoms with Gasteiger partial charge in [-0.15, -0.1) is 12.4 Å². The van der Waals surface area contributed by atoms with Gasteiger partial charge in [-0.3, -0.25) is 4.98 Å². The van der Waals surface area contributed by atoms with Crippen molar-refractivity contribution in [2.24, 2.45) is 0 Å². The second kappa shape index (κ2) is 9.31. The third-order valence-electron chi connectivity index (χ3n) is 4.51. The Kier molecular flexibility index (Phi) is 6.95. The van der Waals surface area contributed by atoms with E-state index in [1.807, 2.05) is 12.1 Å². The van der Waals surface area contributed by atoms with Gasteiger partial charge in [0.1, 0.15) is 9.50 Å². The molecule has 162 valence electrons. The van der Waals surface area contributed by atoms with Crippen LogP contribution in [0.25, 0.3) is 10.9 Å². The second-order valence-electron chi connectivity index (χ2n) is 6.50. The Bertz CT molecular complexity index is 1330. The van der Waals surface area contributed by atoms with Crippen molar-refractivity contribution in [1.82, 2.24) is 19.3 Å². The van der Waals surface area contributed by atoms with Crippen LogP contribution in [0.15, 0.2) is 70.6 Å². The van der Waals surface area contributed by atoms with Crippen LogP contribution in [0.2, 0.25) is 0 Å². The number of benzene rings is 1. The van der Waals surface area contributed by atoms with Gasteiger partial charge in [0.2, 0.25) is 5.95 Å². The Morgan fingerprint density at radius 1 is 1.19 bits per heavy atom. The molecule has 0 saturated carbocycles. The molecule has 1 aromatic carbocycles. The average molecular weight is 527 g/mol. The summed E-state index contributed by atoms with van der Waals surface area (Å²) in [4.78, 5) is 7.76. The number of halogens is 3. The third kappa shape index (κ3) is 4.57. The fraction of sp³-hybridized carbons (Fsp3) is 0.100. The minimum atomic E-state index is -3.84. The molecule has 2 N–H and O–H groups in total. The predicted octanol–water partition coefficient (Wildman–Crippen LogP) is 4.45. The summed E-state index contributed by atoms with van der Waals surface area (Å²) >= 11 is 3.23. The quantitative estimate of drug-likeness (QED) is 0.361. The van der Waals surface area contributed by atoms with Crippen molar-refractivity contribution >= 4 is 60.6 Å². The molecular weight excluding hydrogens is 509 g/mol. The number of fused-ring (bicyclic) bond motifs is 1. The van der Waals surface area contributed by atoms with E-state index in [4.69, 9.17) is 0 Å². The molecule has 4 aromatic rings. The van der Waals surface area contributed by atoms with Gasteiger partial charge >= 0.3 is 0 Å². The molecule has 3 aromatic heterocycles. The first-order valence-corrected chi connectivity index (χ1v) is 11.2. The van der Waals surface area contributed by atoms with Gasteiger partial charge in [-0.05, 0) is 64.9 Å². The van der Waals surface area contributed by atoms with Crippen LogP contribution >= 0.6 is 28.3 Å². The molecular formula is C20H18BrClFN5O2S. The molecule has 0 aliphatic carbocycles. The molecule has 31 heavy (non-hydrogen) atoms. The van der Waals surface area contributed by atoms with Crippen LogP contribution in [-0.2, 0) is 16.6 Å². The number of pyridine rings is 2. The SMILES string of the molecule is CNCc1cn(S(=O)(=O)c2cccnc2)c2cc(Nc3ccc(F)nc3Br)ccc12.Cl. The highest BCUT2D eigenvalue weighted by atomic mass is 79.9. The van der Waals surface area contributed by atoms with Gasteiger partial charge in [-0.2, -0.15) is 4.39 Å². The number of anilines is 2. The van der Waals surface area contributed by atoms with E-state index >= 15 is 0 Å². The monoisotopic (exact) mass is 525 g/mol. The molecule has 0 fully saturated rings. The van der Waals surface area contributed by atoms with Crippen molar-refractivity contribution in [3.05, 3.63) is 77.2 Å². The van der Waals surface area contributed by atoms with Gasteiger partial charge in [0, 0.05) is 36.2 Å². The van der Waals surface area contributed by atoms with Crippen LogP contribution in [0.1, 0.15) is 5.56 Å². The molecule has 0 unspecified atom stereocenters. The van der Waals surface area contributed by atoms with Gasteiger partial charge in [0.05, 0.1) is 11.2 Å². The van der Waals surface area contributed by atoms with Gasteiger partial charge in [-0.25, -0.2) is 17.4 Å². The molecule has 0 bridgehead atoms. The first-order valence-electron chi connectivity index (χ1n) is 8.93. The van der Waals surface area contributed by atoms with Crippen LogP contribution in [0.5, 0.6) is 0 Å². The van der Waals surface area contributed by atoms with E-state index < -0.39 is 16.0 Å². The van der Waals surface area contributed by atoms with E-state index in [-0.39, 0.29) is 17.3 Å². The molecule has 4 rings (SSSR count). The Morgan fingerprint density at radius 3 is 2.68 bits per heavy atom. The van der Waals surface area contributed by atoms with Crippen molar-refractivity contribution in [3.63, 3.8) is 0 Å². The van der Waals surface area contributed by atoms with Crippen molar-refractivity contribution in [2.75, 3.05) is 12.4 Å². The molecule has 0 aliphatic rings. The second-order valence-corrected chi connectivity index (χ2v) is 9.07. The summed E-state index contributed by atoms with van der Waals surface area (Å²) in [7, 11) is -2.04. The highest BCUT2D eigenvalue weighted by molar-refractivity contribution is 9.10. The van der Waals surface area contributed by atoms with Crippen molar-refractivity contribution in [2.45, 2.75) is 11.4 Å². The van der Waals surface area contributed by atoms with Crippen LogP contribution < -0.4 is 10.6 Å². The van der Waals surface area contributed by atoms with Crippen LogP contribution in [0, 0.1) is 5.95 Å².